The molecule has 0 fully saturated rings. The lowest BCUT2D eigenvalue weighted by Gasteiger charge is -2.04. The summed E-state index contributed by atoms with van der Waals surface area (Å²) in [7, 11) is 0. The maximum Gasteiger partial charge on any atom is 0.123 e. The molecule has 1 aromatic rings. The largest absolute Gasteiger partial charge is 0.340 e. The Balaban J connectivity index is 2.24. The van der Waals surface area contributed by atoms with Crippen LogP contribution in [-0.4, -0.2) is 15.7 Å². The van der Waals surface area contributed by atoms with Crippen LogP contribution in [0.4, 0.5) is 0 Å². The first-order valence-corrected chi connectivity index (χ1v) is 6.16. The Labute approximate surface area is 93.6 Å². The Kier molecular flexibility index (Phi) is 3.12. The first-order valence-electron chi connectivity index (χ1n) is 5.17. The zero-order chi connectivity index (χ0) is 10.7. The number of rotatable bonds is 3. The van der Waals surface area contributed by atoms with Gasteiger partial charge in [-0.1, -0.05) is 19.4 Å². The Morgan fingerprint density at radius 3 is 3.27 bits per heavy atom. The Bertz CT molecular complexity index is 426. The van der Waals surface area contributed by atoms with E-state index in [1.807, 2.05) is 6.08 Å². The topological polar surface area (TPSA) is 52.5 Å². The average molecular weight is 219 g/mol. The Hall–Kier alpha value is -1.21. The molecular formula is C11H13N3S. The third-order valence-electron chi connectivity index (χ3n) is 2.38. The number of nitrogens with zero attached hydrogens (tertiary/aromatic N) is 2. The summed E-state index contributed by atoms with van der Waals surface area (Å²) in [5.74, 6) is 1.87. The van der Waals surface area contributed by atoms with E-state index in [0.29, 0.717) is 0 Å². The first kappa shape index (κ1) is 10.3. The predicted octanol–water partition coefficient (Wildman–Crippen LogP) is 2.76. The standard InChI is InChI=1S/C11H13N3S/c1-2-3-4-9-13-10-8(7-12)5-6-15-11(10)14-9/h5H,2-4,6H2,1H3,(H,13,14). The van der Waals surface area contributed by atoms with Gasteiger partial charge in [-0.15, -0.1) is 11.8 Å². The molecule has 2 heterocycles. The number of aromatic nitrogens is 2. The Morgan fingerprint density at radius 2 is 2.53 bits per heavy atom. The quantitative estimate of drug-likeness (QED) is 0.850. The monoisotopic (exact) mass is 219 g/mol. The smallest absolute Gasteiger partial charge is 0.123 e. The fraction of sp³-hybridized carbons (Fsp3) is 0.455. The molecule has 1 aliphatic rings. The molecule has 78 valence electrons. The zero-order valence-corrected chi connectivity index (χ0v) is 9.52. The van der Waals surface area contributed by atoms with Gasteiger partial charge in [0.25, 0.3) is 0 Å². The highest BCUT2D eigenvalue weighted by Crippen LogP contribution is 2.31. The molecule has 1 aliphatic heterocycles. The van der Waals surface area contributed by atoms with Gasteiger partial charge in [0.1, 0.15) is 16.9 Å². The molecular weight excluding hydrogens is 206 g/mol. The molecule has 0 aliphatic carbocycles. The van der Waals surface area contributed by atoms with Crippen LogP contribution < -0.4 is 0 Å². The lowest BCUT2D eigenvalue weighted by atomic mass is 10.2. The highest BCUT2D eigenvalue weighted by Gasteiger charge is 2.17. The van der Waals surface area contributed by atoms with E-state index in [4.69, 9.17) is 5.26 Å². The van der Waals surface area contributed by atoms with Crippen LogP contribution in [-0.2, 0) is 6.42 Å². The zero-order valence-electron chi connectivity index (χ0n) is 8.71. The van der Waals surface area contributed by atoms with Gasteiger partial charge in [-0.2, -0.15) is 5.26 Å². The molecule has 0 unspecified atom stereocenters. The van der Waals surface area contributed by atoms with E-state index in [0.717, 1.165) is 40.7 Å². The highest BCUT2D eigenvalue weighted by molar-refractivity contribution is 7.99. The van der Waals surface area contributed by atoms with Gasteiger partial charge < -0.3 is 4.98 Å². The van der Waals surface area contributed by atoms with Gasteiger partial charge in [0.2, 0.25) is 0 Å². The van der Waals surface area contributed by atoms with Crippen molar-refractivity contribution in [2.24, 2.45) is 0 Å². The van der Waals surface area contributed by atoms with Gasteiger partial charge >= 0.3 is 0 Å². The van der Waals surface area contributed by atoms with Gasteiger partial charge in [-0.3, -0.25) is 0 Å². The van der Waals surface area contributed by atoms with E-state index in [9.17, 15) is 0 Å². The molecule has 0 atom stereocenters. The number of thioether (sulfide) groups is 1. The average Bonchev–Trinajstić information content (AvgIpc) is 2.68. The van der Waals surface area contributed by atoms with Gasteiger partial charge in [-0.05, 0) is 6.42 Å². The lowest BCUT2D eigenvalue weighted by molar-refractivity contribution is 0.759. The summed E-state index contributed by atoms with van der Waals surface area (Å²) in [4.78, 5) is 7.75. The van der Waals surface area contributed by atoms with Crippen LogP contribution >= 0.6 is 11.8 Å². The molecule has 4 heteroatoms. The van der Waals surface area contributed by atoms with Crippen molar-refractivity contribution >= 4 is 17.3 Å². The summed E-state index contributed by atoms with van der Waals surface area (Å²) in [6, 6.07) is 2.21. The second-order valence-corrected chi connectivity index (χ2v) is 4.52. The molecule has 3 nitrogen and oxygen atoms in total. The number of fused-ring (bicyclic) bond motifs is 1. The van der Waals surface area contributed by atoms with E-state index in [1.165, 1.54) is 6.42 Å². The predicted molar refractivity (Wildman–Crippen MR) is 61.5 cm³/mol. The van der Waals surface area contributed by atoms with E-state index in [-0.39, 0.29) is 0 Å². The summed E-state index contributed by atoms with van der Waals surface area (Å²) in [6.07, 6.45) is 5.24. The number of H-pyrrole nitrogens is 1. The fourth-order valence-electron chi connectivity index (χ4n) is 1.56. The molecule has 15 heavy (non-hydrogen) atoms. The van der Waals surface area contributed by atoms with Gasteiger partial charge in [-0.25, -0.2) is 4.98 Å². The van der Waals surface area contributed by atoms with E-state index < -0.39 is 0 Å². The molecule has 0 bridgehead atoms. The number of aryl methyl sites for hydroxylation is 1. The van der Waals surface area contributed by atoms with Crippen LogP contribution in [0.25, 0.3) is 5.57 Å². The van der Waals surface area contributed by atoms with Gasteiger partial charge in [0, 0.05) is 12.2 Å². The van der Waals surface area contributed by atoms with Crippen molar-refractivity contribution in [3.05, 3.63) is 17.6 Å². The lowest BCUT2D eigenvalue weighted by Crippen LogP contribution is -1.92. The number of aromatic amines is 1. The molecule has 1 N–H and O–H groups in total. The van der Waals surface area contributed by atoms with Crippen molar-refractivity contribution in [2.75, 3.05) is 5.75 Å². The number of allylic oxidation sites excluding steroid dienone is 1. The van der Waals surface area contributed by atoms with Crippen molar-refractivity contribution in [2.45, 2.75) is 31.2 Å². The minimum absolute atomic E-state index is 0.735. The summed E-state index contributed by atoms with van der Waals surface area (Å²) in [6.45, 7) is 2.16. The van der Waals surface area contributed by atoms with Crippen molar-refractivity contribution in [3.63, 3.8) is 0 Å². The number of hydrogen-bond donors (Lipinski definition) is 1. The van der Waals surface area contributed by atoms with Gasteiger partial charge in [0.05, 0.1) is 11.3 Å². The van der Waals surface area contributed by atoms with Gasteiger partial charge in [0.15, 0.2) is 0 Å². The van der Waals surface area contributed by atoms with Crippen LogP contribution in [0.1, 0.15) is 31.3 Å². The minimum Gasteiger partial charge on any atom is -0.340 e. The summed E-state index contributed by atoms with van der Waals surface area (Å²) in [5.41, 5.74) is 1.65. The van der Waals surface area contributed by atoms with E-state index in [1.54, 1.807) is 11.8 Å². The summed E-state index contributed by atoms with van der Waals surface area (Å²) < 4.78 is 0. The molecule has 0 spiro atoms. The van der Waals surface area contributed by atoms with Crippen molar-refractivity contribution in [1.29, 1.82) is 5.26 Å². The Morgan fingerprint density at radius 1 is 1.67 bits per heavy atom. The fourth-order valence-corrected chi connectivity index (χ4v) is 2.45. The maximum atomic E-state index is 8.95. The number of imidazole rings is 1. The van der Waals surface area contributed by atoms with Crippen molar-refractivity contribution in [3.8, 4) is 6.07 Å². The third-order valence-corrected chi connectivity index (χ3v) is 3.29. The van der Waals surface area contributed by atoms with Crippen molar-refractivity contribution < 1.29 is 0 Å². The molecule has 0 radical (unpaired) electrons. The number of nitriles is 1. The highest BCUT2D eigenvalue weighted by atomic mass is 32.2. The van der Waals surface area contributed by atoms with Crippen molar-refractivity contribution in [1.82, 2.24) is 9.97 Å². The molecule has 0 saturated carbocycles. The summed E-state index contributed by atoms with van der Waals surface area (Å²) in [5, 5.41) is 9.93. The van der Waals surface area contributed by atoms with Crippen LogP contribution in [0, 0.1) is 11.3 Å². The second kappa shape index (κ2) is 4.54. The molecule has 0 amide bonds. The van der Waals surface area contributed by atoms with Crippen LogP contribution in [0.5, 0.6) is 0 Å². The molecule has 0 saturated heterocycles. The number of nitrogens with one attached hydrogen (secondary N) is 1. The third kappa shape index (κ3) is 2.07. The first-order chi connectivity index (χ1) is 7.35. The normalized spacial score (nSPS) is 14.3. The molecule has 2 rings (SSSR count). The summed E-state index contributed by atoms with van der Waals surface area (Å²) >= 11 is 1.69. The van der Waals surface area contributed by atoms with Crippen LogP contribution in [0.3, 0.4) is 0 Å². The minimum atomic E-state index is 0.735. The number of hydrogen-bond acceptors (Lipinski definition) is 3. The molecule has 0 aromatic carbocycles. The SMILES string of the molecule is CCCCc1nc2c([nH]1)C(C#N)=CCS2. The number of unbranched alkanes of at least 4 members (excludes halogenated alkanes) is 1. The maximum absolute atomic E-state index is 8.95. The molecule has 1 aromatic heterocycles. The second-order valence-electron chi connectivity index (χ2n) is 3.51. The van der Waals surface area contributed by atoms with Crippen LogP contribution in [0.15, 0.2) is 11.1 Å². The van der Waals surface area contributed by atoms with Crippen LogP contribution in [0.2, 0.25) is 0 Å². The van der Waals surface area contributed by atoms with E-state index in [2.05, 4.69) is 23.0 Å². The van der Waals surface area contributed by atoms with E-state index >= 15 is 0 Å².